The molecule has 1 aromatic carbocycles. The van der Waals surface area contributed by atoms with Crippen LogP contribution in [-0.4, -0.2) is 54.6 Å². The number of hydrogen-bond acceptors (Lipinski definition) is 6. The third-order valence-electron chi connectivity index (χ3n) is 3.92. The quantitative estimate of drug-likeness (QED) is 0.805. The molecule has 1 aromatic rings. The van der Waals surface area contributed by atoms with Crippen molar-refractivity contribution in [2.45, 2.75) is 45.1 Å². The van der Waals surface area contributed by atoms with Gasteiger partial charge in [0.25, 0.3) is 0 Å². The van der Waals surface area contributed by atoms with Crippen LogP contribution in [0.4, 0.5) is 4.79 Å². The summed E-state index contributed by atoms with van der Waals surface area (Å²) in [6.45, 7) is 6.66. The Hall–Kier alpha value is -1.64. The summed E-state index contributed by atoms with van der Waals surface area (Å²) in [7, 11) is -4.08. The maximum Gasteiger partial charge on any atom is 0.426 e. The number of ether oxygens (including phenoxy) is 1. The molecule has 2 unspecified atom stereocenters. The molecule has 0 bridgehead atoms. The van der Waals surface area contributed by atoms with Gasteiger partial charge in [-0.15, -0.1) is 0 Å². The number of hydrogen-bond donors (Lipinski definition) is 0. The molecule has 1 amide bonds. The fraction of sp³-hybridized carbons (Fsp3) is 0.562. The average molecular weight is 354 g/mol. The van der Waals surface area contributed by atoms with Crippen LogP contribution >= 0.6 is 0 Å². The Morgan fingerprint density at radius 3 is 2.54 bits per heavy atom. The van der Waals surface area contributed by atoms with E-state index in [0.717, 1.165) is 9.87 Å². The van der Waals surface area contributed by atoms with Crippen molar-refractivity contribution >= 4 is 16.4 Å². The zero-order valence-corrected chi connectivity index (χ0v) is 14.8. The summed E-state index contributed by atoms with van der Waals surface area (Å²) < 4.78 is 35.4. The van der Waals surface area contributed by atoms with Gasteiger partial charge in [0, 0.05) is 19.6 Å². The Bertz CT molecular complexity index is 714. The number of benzene rings is 1. The van der Waals surface area contributed by atoms with E-state index in [1.165, 1.54) is 0 Å². The first-order valence-corrected chi connectivity index (χ1v) is 9.24. The highest BCUT2D eigenvalue weighted by atomic mass is 32.2. The SMILES string of the molecule is CC(C)(C)OC(=O)N1C2CN(Cc3ccccc3)CC2OS1(=O)=O. The van der Waals surface area contributed by atoms with Crippen molar-refractivity contribution in [3.8, 4) is 0 Å². The topological polar surface area (TPSA) is 76.2 Å². The summed E-state index contributed by atoms with van der Waals surface area (Å²) >= 11 is 0. The van der Waals surface area contributed by atoms with E-state index in [0.29, 0.717) is 19.6 Å². The Morgan fingerprint density at radius 1 is 1.25 bits per heavy atom. The maximum atomic E-state index is 12.3. The first-order valence-electron chi connectivity index (χ1n) is 7.88. The van der Waals surface area contributed by atoms with Crippen LogP contribution in [0, 0.1) is 0 Å². The van der Waals surface area contributed by atoms with E-state index < -0.39 is 34.1 Å². The van der Waals surface area contributed by atoms with Crippen molar-refractivity contribution in [1.29, 1.82) is 0 Å². The summed E-state index contributed by atoms with van der Waals surface area (Å²) in [6.07, 6.45) is -1.43. The van der Waals surface area contributed by atoms with E-state index in [1.54, 1.807) is 20.8 Å². The van der Waals surface area contributed by atoms with Gasteiger partial charge in [-0.2, -0.15) is 12.7 Å². The lowest BCUT2D eigenvalue weighted by Gasteiger charge is -2.26. The molecule has 8 heteroatoms. The van der Waals surface area contributed by atoms with Gasteiger partial charge < -0.3 is 4.74 Å². The minimum Gasteiger partial charge on any atom is -0.443 e. The normalized spacial score (nSPS) is 26.4. The number of carbonyl (C=O) groups excluding carboxylic acids is 1. The molecule has 7 nitrogen and oxygen atoms in total. The molecule has 24 heavy (non-hydrogen) atoms. The molecule has 0 spiro atoms. The maximum absolute atomic E-state index is 12.3. The Kier molecular flexibility index (Phi) is 4.31. The second-order valence-corrected chi connectivity index (χ2v) is 8.56. The Labute approximate surface area is 142 Å². The zero-order valence-electron chi connectivity index (χ0n) is 14.0. The summed E-state index contributed by atoms with van der Waals surface area (Å²) in [6, 6.07) is 9.34. The van der Waals surface area contributed by atoms with Gasteiger partial charge in [0.1, 0.15) is 11.7 Å². The van der Waals surface area contributed by atoms with Gasteiger partial charge in [0.15, 0.2) is 0 Å². The van der Waals surface area contributed by atoms with Crippen LogP contribution in [0.3, 0.4) is 0 Å². The molecule has 0 N–H and O–H groups in total. The van der Waals surface area contributed by atoms with E-state index in [4.69, 9.17) is 8.92 Å². The summed E-state index contributed by atoms with van der Waals surface area (Å²) in [5.41, 5.74) is 0.358. The smallest absolute Gasteiger partial charge is 0.426 e. The summed E-state index contributed by atoms with van der Waals surface area (Å²) in [5.74, 6) is 0. The lowest BCUT2D eigenvalue weighted by Crippen LogP contribution is -2.45. The monoisotopic (exact) mass is 354 g/mol. The van der Waals surface area contributed by atoms with E-state index in [9.17, 15) is 13.2 Å². The van der Waals surface area contributed by atoms with Crippen LogP contribution in [0.2, 0.25) is 0 Å². The van der Waals surface area contributed by atoms with E-state index >= 15 is 0 Å². The van der Waals surface area contributed by atoms with Crippen LogP contribution in [0.15, 0.2) is 30.3 Å². The van der Waals surface area contributed by atoms with Gasteiger partial charge in [-0.3, -0.25) is 4.90 Å². The highest BCUT2D eigenvalue weighted by Gasteiger charge is 2.54. The fourth-order valence-corrected chi connectivity index (χ4v) is 4.37. The van der Waals surface area contributed by atoms with Gasteiger partial charge >= 0.3 is 16.4 Å². The lowest BCUT2D eigenvalue weighted by molar-refractivity contribution is 0.0351. The molecular weight excluding hydrogens is 332 g/mol. The molecule has 2 aliphatic rings. The summed E-state index contributed by atoms with van der Waals surface area (Å²) in [5, 5.41) is 0. The van der Waals surface area contributed by atoms with Crippen LogP contribution in [0.1, 0.15) is 26.3 Å². The number of amides is 1. The zero-order chi connectivity index (χ0) is 17.5. The highest BCUT2D eigenvalue weighted by Crippen LogP contribution is 2.33. The van der Waals surface area contributed by atoms with Crippen molar-refractivity contribution in [3.05, 3.63) is 35.9 Å². The van der Waals surface area contributed by atoms with Crippen molar-refractivity contribution in [2.75, 3.05) is 13.1 Å². The fourth-order valence-electron chi connectivity index (χ4n) is 3.03. The largest absolute Gasteiger partial charge is 0.443 e. The molecule has 0 radical (unpaired) electrons. The van der Waals surface area contributed by atoms with Gasteiger partial charge in [0.05, 0.1) is 6.04 Å². The predicted molar refractivity (Wildman–Crippen MR) is 87.4 cm³/mol. The van der Waals surface area contributed by atoms with E-state index in [-0.39, 0.29) is 0 Å². The average Bonchev–Trinajstić information content (AvgIpc) is 2.89. The molecule has 2 heterocycles. The Balaban J connectivity index is 1.73. The van der Waals surface area contributed by atoms with Gasteiger partial charge in [-0.1, -0.05) is 30.3 Å². The number of likely N-dealkylation sites (tertiary alicyclic amines) is 1. The predicted octanol–water partition coefficient (Wildman–Crippen LogP) is 1.75. The number of carbonyl (C=O) groups is 1. The van der Waals surface area contributed by atoms with Crippen LogP contribution in [-0.2, 0) is 25.8 Å². The third-order valence-corrected chi connectivity index (χ3v) is 5.31. The molecule has 2 atom stereocenters. The van der Waals surface area contributed by atoms with Crippen LogP contribution in [0.5, 0.6) is 0 Å². The van der Waals surface area contributed by atoms with Crippen molar-refractivity contribution in [2.24, 2.45) is 0 Å². The minimum absolute atomic E-state index is 0.429. The number of nitrogens with zero attached hydrogens (tertiary/aromatic N) is 2. The van der Waals surface area contributed by atoms with Crippen molar-refractivity contribution < 1.29 is 22.1 Å². The first-order chi connectivity index (χ1) is 11.2. The number of fused-ring (bicyclic) bond motifs is 1. The van der Waals surface area contributed by atoms with Crippen molar-refractivity contribution in [3.63, 3.8) is 0 Å². The molecule has 2 aliphatic heterocycles. The summed E-state index contributed by atoms with van der Waals surface area (Å²) in [4.78, 5) is 14.4. The molecule has 132 valence electrons. The Morgan fingerprint density at radius 2 is 1.92 bits per heavy atom. The van der Waals surface area contributed by atoms with Gasteiger partial charge in [-0.25, -0.2) is 8.98 Å². The highest BCUT2D eigenvalue weighted by molar-refractivity contribution is 7.85. The van der Waals surface area contributed by atoms with Gasteiger partial charge in [-0.05, 0) is 26.3 Å². The standard InChI is InChI=1S/C16H22N2O5S/c1-16(2,3)22-15(19)18-13-10-17(9-12-7-5-4-6-8-12)11-14(13)23-24(18,20)21/h4-8,13-14H,9-11H2,1-3H3. The second-order valence-electron chi connectivity index (χ2n) is 7.12. The second kappa shape index (κ2) is 6.02. The van der Waals surface area contributed by atoms with Crippen molar-refractivity contribution in [1.82, 2.24) is 9.21 Å². The third kappa shape index (κ3) is 3.55. The molecule has 2 saturated heterocycles. The van der Waals surface area contributed by atoms with Gasteiger partial charge in [0.2, 0.25) is 0 Å². The first kappa shape index (κ1) is 17.2. The molecule has 2 fully saturated rings. The van der Waals surface area contributed by atoms with E-state index in [2.05, 4.69) is 4.90 Å². The van der Waals surface area contributed by atoms with Crippen LogP contribution < -0.4 is 0 Å². The molecule has 0 aromatic heterocycles. The minimum atomic E-state index is -4.08. The van der Waals surface area contributed by atoms with Crippen LogP contribution in [0.25, 0.3) is 0 Å². The van der Waals surface area contributed by atoms with E-state index in [1.807, 2.05) is 30.3 Å². The lowest BCUT2D eigenvalue weighted by atomic mass is 10.2. The number of rotatable bonds is 2. The molecule has 3 rings (SSSR count). The molecule has 0 aliphatic carbocycles. The molecule has 0 saturated carbocycles. The molecular formula is C16H22N2O5S.